The van der Waals surface area contributed by atoms with Gasteiger partial charge in [-0.05, 0) is 31.5 Å². The summed E-state index contributed by atoms with van der Waals surface area (Å²) in [6.07, 6.45) is 2.08. The summed E-state index contributed by atoms with van der Waals surface area (Å²) in [7, 11) is 0. The number of hydrogen-bond donors (Lipinski definition) is 2. The van der Waals surface area contributed by atoms with E-state index in [0.29, 0.717) is 13.1 Å². The maximum absolute atomic E-state index is 12.6. The van der Waals surface area contributed by atoms with Crippen molar-refractivity contribution in [1.29, 1.82) is 0 Å². The number of primary amides is 1. The molecule has 1 fully saturated rings. The molecule has 1 unspecified atom stereocenters. The summed E-state index contributed by atoms with van der Waals surface area (Å²) >= 11 is 0. The molecule has 0 aliphatic carbocycles. The third kappa shape index (κ3) is 3.81. The van der Waals surface area contributed by atoms with Gasteiger partial charge in [0, 0.05) is 25.2 Å². The standard InChI is InChI=1S/C15H21N3O2/c16-14(19)8-10-18(13-6-2-1-3-7-13)15(20)12-5-4-9-17-11-12/h1-3,6-7,12,17H,4-5,8-11H2,(H2,16,19). The van der Waals surface area contributed by atoms with Crippen molar-refractivity contribution >= 4 is 17.5 Å². The predicted octanol–water partition coefficient (Wildman–Crippen LogP) is 0.895. The third-order valence-electron chi connectivity index (χ3n) is 3.56. The molecule has 0 spiro atoms. The Labute approximate surface area is 119 Å². The zero-order valence-electron chi connectivity index (χ0n) is 11.5. The molecule has 1 saturated heterocycles. The van der Waals surface area contributed by atoms with Crippen LogP contribution in [-0.2, 0) is 9.59 Å². The number of para-hydroxylation sites is 1. The van der Waals surface area contributed by atoms with Crippen LogP contribution in [0.15, 0.2) is 30.3 Å². The molecule has 0 aromatic heterocycles. The van der Waals surface area contributed by atoms with Gasteiger partial charge in [0.25, 0.3) is 0 Å². The zero-order chi connectivity index (χ0) is 14.4. The van der Waals surface area contributed by atoms with Crippen LogP contribution in [0.1, 0.15) is 19.3 Å². The van der Waals surface area contributed by atoms with Crippen LogP contribution in [-0.4, -0.2) is 31.4 Å². The van der Waals surface area contributed by atoms with E-state index in [0.717, 1.165) is 25.1 Å². The molecule has 20 heavy (non-hydrogen) atoms. The summed E-state index contributed by atoms with van der Waals surface area (Å²) in [4.78, 5) is 25.3. The van der Waals surface area contributed by atoms with Crippen molar-refractivity contribution in [2.75, 3.05) is 24.5 Å². The van der Waals surface area contributed by atoms with Crippen LogP contribution in [0, 0.1) is 5.92 Å². The first-order chi connectivity index (χ1) is 9.68. The highest BCUT2D eigenvalue weighted by atomic mass is 16.2. The summed E-state index contributed by atoms with van der Waals surface area (Å²) in [6.45, 7) is 2.02. The molecule has 108 valence electrons. The normalized spacial score (nSPS) is 18.5. The lowest BCUT2D eigenvalue weighted by Crippen LogP contribution is -2.44. The molecule has 1 aromatic carbocycles. The Balaban J connectivity index is 2.12. The predicted molar refractivity (Wildman–Crippen MR) is 78.2 cm³/mol. The zero-order valence-corrected chi connectivity index (χ0v) is 11.5. The third-order valence-corrected chi connectivity index (χ3v) is 3.56. The first-order valence-electron chi connectivity index (χ1n) is 7.04. The number of carbonyl (C=O) groups excluding carboxylic acids is 2. The second-order valence-electron chi connectivity index (χ2n) is 5.09. The number of nitrogens with one attached hydrogen (secondary N) is 1. The Kier molecular flexibility index (Phi) is 5.12. The fourth-order valence-corrected chi connectivity index (χ4v) is 2.48. The van der Waals surface area contributed by atoms with Gasteiger partial charge in [0.05, 0.1) is 5.92 Å². The monoisotopic (exact) mass is 275 g/mol. The highest BCUT2D eigenvalue weighted by molar-refractivity contribution is 5.95. The van der Waals surface area contributed by atoms with Gasteiger partial charge in [0.2, 0.25) is 11.8 Å². The molecule has 5 heteroatoms. The van der Waals surface area contributed by atoms with Gasteiger partial charge < -0.3 is 16.0 Å². The Hall–Kier alpha value is -1.88. The fraction of sp³-hybridized carbons (Fsp3) is 0.467. The largest absolute Gasteiger partial charge is 0.370 e. The van der Waals surface area contributed by atoms with E-state index in [2.05, 4.69) is 5.32 Å². The van der Waals surface area contributed by atoms with Crippen LogP contribution in [0.4, 0.5) is 5.69 Å². The average molecular weight is 275 g/mol. The SMILES string of the molecule is NC(=O)CCN(C(=O)C1CCCNC1)c1ccccc1. The minimum absolute atomic E-state index is 0.0168. The van der Waals surface area contributed by atoms with Crippen LogP contribution < -0.4 is 16.0 Å². The second kappa shape index (κ2) is 7.05. The van der Waals surface area contributed by atoms with Crippen molar-refractivity contribution < 1.29 is 9.59 Å². The number of nitrogens with two attached hydrogens (primary N) is 1. The lowest BCUT2D eigenvalue weighted by atomic mass is 9.97. The first kappa shape index (κ1) is 14.5. The molecule has 1 aliphatic heterocycles. The lowest BCUT2D eigenvalue weighted by molar-refractivity contribution is -0.123. The van der Waals surface area contributed by atoms with Crippen LogP contribution >= 0.6 is 0 Å². The van der Waals surface area contributed by atoms with Crippen LogP contribution in [0.3, 0.4) is 0 Å². The highest BCUT2D eigenvalue weighted by Gasteiger charge is 2.26. The minimum atomic E-state index is -0.388. The van der Waals surface area contributed by atoms with Crippen molar-refractivity contribution in [2.24, 2.45) is 11.7 Å². The molecule has 0 bridgehead atoms. The molecule has 1 aliphatic rings. The van der Waals surface area contributed by atoms with Gasteiger partial charge in [-0.1, -0.05) is 18.2 Å². The van der Waals surface area contributed by atoms with E-state index >= 15 is 0 Å². The number of carbonyl (C=O) groups is 2. The molecule has 0 radical (unpaired) electrons. The second-order valence-corrected chi connectivity index (χ2v) is 5.09. The summed E-state index contributed by atoms with van der Waals surface area (Å²) in [5.74, 6) is -0.331. The van der Waals surface area contributed by atoms with Gasteiger partial charge in [-0.25, -0.2) is 0 Å². The highest BCUT2D eigenvalue weighted by Crippen LogP contribution is 2.20. The molecule has 0 saturated carbocycles. The van der Waals surface area contributed by atoms with Crippen molar-refractivity contribution in [3.8, 4) is 0 Å². The van der Waals surface area contributed by atoms with E-state index in [9.17, 15) is 9.59 Å². The summed E-state index contributed by atoms with van der Waals surface area (Å²) in [6, 6.07) is 9.45. The molecular formula is C15H21N3O2. The minimum Gasteiger partial charge on any atom is -0.370 e. The number of rotatable bonds is 5. The fourth-order valence-electron chi connectivity index (χ4n) is 2.48. The van der Waals surface area contributed by atoms with Gasteiger partial charge in [0.1, 0.15) is 0 Å². The topological polar surface area (TPSA) is 75.4 Å². The number of benzene rings is 1. The van der Waals surface area contributed by atoms with Crippen LogP contribution in [0.5, 0.6) is 0 Å². The molecule has 3 N–H and O–H groups in total. The van der Waals surface area contributed by atoms with Crippen molar-refractivity contribution in [1.82, 2.24) is 5.32 Å². The van der Waals surface area contributed by atoms with E-state index < -0.39 is 0 Å². The smallest absolute Gasteiger partial charge is 0.231 e. The maximum atomic E-state index is 12.6. The molecular weight excluding hydrogens is 254 g/mol. The molecule has 1 heterocycles. The Bertz CT molecular complexity index is 455. The Morgan fingerprint density at radius 1 is 1.30 bits per heavy atom. The number of anilines is 1. The summed E-state index contributed by atoms with van der Waals surface area (Å²) < 4.78 is 0. The molecule has 5 nitrogen and oxygen atoms in total. The quantitative estimate of drug-likeness (QED) is 0.838. The molecule has 1 atom stereocenters. The van der Waals surface area contributed by atoms with Crippen molar-refractivity contribution in [3.05, 3.63) is 30.3 Å². The van der Waals surface area contributed by atoms with Crippen molar-refractivity contribution in [3.63, 3.8) is 0 Å². The summed E-state index contributed by atoms with van der Waals surface area (Å²) in [5, 5.41) is 3.25. The number of piperidine rings is 1. The first-order valence-corrected chi connectivity index (χ1v) is 7.04. The van der Waals surface area contributed by atoms with Crippen molar-refractivity contribution in [2.45, 2.75) is 19.3 Å². The van der Waals surface area contributed by atoms with Gasteiger partial charge in [-0.2, -0.15) is 0 Å². The lowest BCUT2D eigenvalue weighted by Gasteiger charge is -2.29. The van der Waals surface area contributed by atoms with Crippen LogP contribution in [0.2, 0.25) is 0 Å². The van der Waals surface area contributed by atoms with Gasteiger partial charge in [-0.15, -0.1) is 0 Å². The van der Waals surface area contributed by atoms with E-state index in [1.807, 2.05) is 30.3 Å². The van der Waals surface area contributed by atoms with E-state index in [1.165, 1.54) is 0 Å². The number of amides is 2. The number of nitrogens with zero attached hydrogens (tertiary/aromatic N) is 1. The van der Waals surface area contributed by atoms with E-state index in [-0.39, 0.29) is 24.2 Å². The number of hydrogen-bond acceptors (Lipinski definition) is 3. The van der Waals surface area contributed by atoms with Gasteiger partial charge in [0.15, 0.2) is 0 Å². The Morgan fingerprint density at radius 2 is 2.05 bits per heavy atom. The van der Waals surface area contributed by atoms with Gasteiger partial charge in [-0.3, -0.25) is 9.59 Å². The molecule has 2 amide bonds. The van der Waals surface area contributed by atoms with E-state index in [4.69, 9.17) is 5.73 Å². The summed E-state index contributed by atoms with van der Waals surface area (Å²) in [5.41, 5.74) is 6.03. The average Bonchev–Trinajstić information content (AvgIpc) is 2.49. The van der Waals surface area contributed by atoms with Crippen LogP contribution in [0.25, 0.3) is 0 Å². The molecule has 1 aromatic rings. The maximum Gasteiger partial charge on any atom is 0.231 e. The Morgan fingerprint density at radius 3 is 2.65 bits per heavy atom. The van der Waals surface area contributed by atoms with E-state index in [1.54, 1.807) is 4.90 Å². The van der Waals surface area contributed by atoms with Gasteiger partial charge >= 0.3 is 0 Å². The molecule has 2 rings (SSSR count).